The molecule has 0 amide bonds. The Morgan fingerprint density at radius 2 is 2.10 bits per heavy atom. The van der Waals surface area contributed by atoms with Gasteiger partial charge in [0, 0.05) is 17.8 Å². The third-order valence-electron chi connectivity index (χ3n) is 3.44. The van der Waals surface area contributed by atoms with Crippen LogP contribution in [0.15, 0.2) is 36.8 Å². The summed E-state index contributed by atoms with van der Waals surface area (Å²) in [5.41, 5.74) is 9.23. The molecule has 0 unspecified atom stereocenters. The Labute approximate surface area is 118 Å². The molecule has 21 heavy (non-hydrogen) atoms. The molecule has 7 heteroatoms. The predicted molar refractivity (Wildman–Crippen MR) is 77.6 cm³/mol. The van der Waals surface area contributed by atoms with Crippen LogP contribution in [0.25, 0.3) is 27.8 Å². The number of hydrogen-bond donors (Lipinski definition) is 2. The van der Waals surface area contributed by atoms with Gasteiger partial charge in [-0.1, -0.05) is 6.07 Å². The second-order valence-corrected chi connectivity index (χ2v) is 4.54. The van der Waals surface area contributed by atoms with Gasteiger partial charge in [0.05, 0.1) is 17.4 Å². The summed E-state index contributed by atoms with van der Waals surface area (Å²) in [6, 6.07) is 7.82. The summed E-state index contributed by atoms with van der Waals surface area (Å²) in [6.45, 7) is 0. The maximum Gasteiger partial charge on any atom is 0.166 e. The molecule has 0 saturated heterocycles. The van der Waals surface area contributed by atoms with E-state index in [9.17, 15) is 5.26 Å². The molecule has 0 aliphatic rings. The van der Waals surface area contributed by atoms with Crippen molar-refractivity contribution in [3.63, 3.8) is 0 Å². The van der Waals surface area contributed by atoms with Crippen molar-refractivity contribution < 1.29 is 0 Å². The number of hydrogen-bond acceptors (Lipinski definition) is 5. The quantitative estimate of drug-likeness (QED) is 0.550. The Bertz CT molecular complexity index is 1020. The minimum atomic E-state index is 0.326. The number of nitrogens with zero attached hydrogens (tertiary/aromatic N) is 5. The molecule has 4 aromatic rings. The van der Waals surface area contributed by atoms with E-state index in [2.05, 4.69) is 26.2 Å². The van der Waals surface area contributed by atoms with Gasteiger partial charge in [0.2, 0.25) is 0 Å². The number of anilines is 1. The van der Waals surface area contributed by atoms with Crippen LogP contribution in [0, 0.1) is 11.3 Å². The molecular formula is C14H9N7. The van der Waals surface area contributed by atoms with Gasteiger partial charge in [-0.3, -0.25) is 9.67 Å². The van der Waals surface area contributed by atoms with E-state index in [0.29, 0.717) is 22.5 Å². The number of nitriles is 1. The molecule has 1 aromatic carbocycles. The number of H-pyrrole nitrogens is 1. The molecule has 3 heterocycles. The van der Waals surface area contributed by atoms with Crippen LogP contribution in [-0.4, -0.2) is 24.7 Å². The van der Waals surface area contributed by atoms with Crippen LogP contribution in [0.5, 0.6) is 0 Å². The van der Waals surface area contributed by atoms with Crippen LogP contribution < -0.4 is 5.73 Å². The zero-order chi connectivity index (χ0) is 14.4. The Morgan fingerprint density at radius 1 is 1.24 bits per heavy atom. The molecule has 0 saturated carbocycles. The van der Waals surface area contributed by atoms with Crippen molar-refractivity contribution >= 4 is 27.9 Å². The van der Waals surface area contributed by atoms with Crippen molar-refractivity contribution in [2.45, 2.75) is 0 Å². The largest absolute Gasteiger partial charge is 0.384 e. The van der Waals surface area contributed by atoms with Crippen LogP contribution in [0.3, 0.4) is 0 Å². The summed E-state index contributed by atoms with van der Waals surface area (Å²) in [5, 5.41) is 17.2. The summed E-state index contributed by atoms with van der Waals surface area (Å²) in [4.78, 5) is 8.53. The summed E-state index contributed by atoms with van der Waals surface area (Å²) >= 11 is 0. The first-order chi connectivity index (χ1) is 10.3. The molecule has 0 spiro atoms. The van der Waals surface area contributed by atoms with Gasteiger partial charge in [0.1, 0.15) is 23.0 Å². The molecule has 0 fully saturated rings. The molecule has 0 atom stereocenters. The third kappa shape index (κ3) is 1.44. The molecule has 0 aliphatic heterocycles. The smallest absolute Gasteiger partial charge is 0.166 e. The summed E-state index contributed by atoms with van der Waals surface area (Å²) < 4.78 is 1.73. The highest BCUT2D eigenvalue weighted by molar-refractivity contribution is 5.94. The molecule has 0 radical (unpaired) electrons. The molecule has 0 aliphatic carbocycles. The lowest BCUT2D eigenvalue weighted by Gasteiger charge is -2.08. The highest BCUT2D eigenvalue weighted by atomic mass is 15.1. The topological polar surface area (TPSA) is 109 Å². The summed E-state index contributed by atoms with van der Waals surface area (Å²) in [6.07, 6.45) is 4.85. The van der Waals surface area contributed by atoms with Crippen molar-refractivity contribution in [3.8, 4) is 11.8 Å². The Balaban J connectivity index is 2.19. The monoisotopic (exact) mass is 275 g/mol. The van der Waals surface area contributed by atoms with Crippen LogP contribution in [-0.2, 0) is 0 Å². The van der Waals surface area contributed by atoms with Gasteiger partial charge in [-0.25, -0.2) is 9.97 Å². The maximum atomic E-state index is 9.32. The highest BCUT2D eigenvalue weighted by Crippen LogP contribution is 2.31. The molecule has 0 bridgehead atoms. The molecule has 3 aromatic heterocycles. The van der Waals surface area contributed by atoms with Crippen molar-refractivity contribution in [2.75, 3.05) is 5.73 Å². The van der Waals surface area contributed by atoms with Crippen LogP contribution >= 0.6 is 0 Å². The predicted octanol–water partition coefficient (Wildman–Crippen LogP) is 1.75. The zero-order valence-electron chi connectivity index (χ0n) is 10.8. The lowest BCUT2D eigenvalue weighted by molar-refractivity contribution is 1.11. The van der Waals surface area contributed by atoms with E-state index in [0.717, 1.165) is 16.6 Å². The SMILES string of the molecule is N#Cc1c(N)n(-c2cccc3[nH]ncc23)c2nccnc12. The van der Waals surface area contributed by atoms with Gasteiger partial charge in [0.15, 0.2) is 5.65 Å². The van der Waals surface area contributed by atoms with Gasteiger partial charge < -0.3 is 5.73 Å². The number of rotatable bonds is 1. The minimum Gasteiger partial charge on any atom is -0.384 e. The van der Waals surface area contributed by atoms with Gasteiger partial charge in [0.25, 0.3) is 0 Å². The second-order valence-electron chi connectivity index (χ2n) is 4.54. The first-order valence-electron chi connectivity index (χ1n) is 6.24. The highest BCUT2D eigenvalue weighted by Gasteiger charge is 2.19. The molecule has 100 valence electrons. The zero-order valence-corrected chi connectivity index (χ0v) is 10.8. The molecule has 3 N–H and O–H groups in total. The van der Waals surface area contributed by atoms with E-state index in [1.807, 2.05) is 18.2 Å². The van der Waals surface area contributed by atoms with E-state index in [-0.39, 0.29) is 0 Å². The molecule has 7 nitrogen and oxygen atoms in total. The van der Waals surface area contributed by atoms with E-state index in [1.54, 1.807) is 23.2 Å². The number of nitrogens with two attached hydrogens (primary N) is 1. The number of nitrogen functional groups attached to an aromatic ring is 1. The average Bonchev–Trinajstić information content (AvgIpc) is 3.08. The second kappa shape index (κ2) is 4.05. The average molecular weight is 275 g/mol. The van der Waals surface area contributed by atoms with Crippen molar-refractivity contribution in [3.05, 3.63) is 42.4 Å². The number of fused-ring (bicyclic) bond motifs is 2. The van der Waals surface area contributed by atoms with Gasteiger partial charge >= 0.3 is 0 Å². The van der Waals surface area contributed by atoms with E-state index < -0.39 is 0 Å². The van der Waals surface area contributed by atoms with Crippen LogP contribution in [0.4, 0.5) is 5.82 Å². The lowest BCUT2D eigenvalue weighted by atomic mass is 10.2. The fourth-order valence-electron chi connectivity index (χ4n) is 2.52. The Hall–Kier alpha value is -3.40. The van der Waals surface area contributed by atoms with Gasteiger partial charge in [-0.05, 0) is 12.1 Å². The normalized spacial score (nSPS) is 11.0. The van der Waals surface area contributed by atoms with Gasteiger partial charge in [-0.15, -0.1) is 0 Å². The first-order valence-corrected chi connectivity index (χ1v) is 6.24. The van der Waals surface area contributed by atoms with E-state index >= 15 is 0 Å². The maximum absolute atomic E-state index is 9.32. The van der Waals surface area contributed by atoms with E-state index in [4.69, 9.17) is 5.73 Å². The summed E-state index contributed by atoms with van der Waals surface area (Å²) in [7, 11) is 0. The van der Waals surface area contributed by atoms with Crippen molar-refractivity contribution in [1.29, 1.82) is 5.26 Å². The summed E-state index contributed by atoms with van der Waals surface area (Å²) in [5.74, 6) is 0.326. The standard InChI is InChI=1S/C14H9N7/c15-6-8-12-14(18-5-4-17-12)21(13(8)16)11-3-1-2-10-9(11)7-19-20-10/h1-5,7H,16H2,(H,19,20). The number of nitrogens with one attached hydrogen (secondary N) is 1. The first kappa shape index (κ1) is 11.4. The van der Waals surface area contributed by atoms with Gasteiger partial charge in [-0.2, -0.15) is 10.4 Å². The van der Waals surface area contributed by atoms with Crippen LogP contribution in [0.1, 0.15) is 5.56 Å². The van der Waals surface area contributed by atoms with E-state index in [1.165, 1.54) is 0 Å². The molecule has 4 rings (SSSR count). The lowest BCUT2D eigenvalue weighted by Crippen LogP contribution is -2.02. The fourth-order valence-corrected chi connectivity index (χ4v) is 2.52. The molecular weight excluding hydrogens is 266 g/mol. The fraction of sp³-hybridized carbons (Fsp3) is 0. The Kier molecular flexibility index (Phi) is 2.20. The van der Waals surface area contributed by atoms with Crippen molar-refractivity contribution in [1.82, 2.24) is 24.7 Å². The minimum absolute atomic E-state index is 0.326. The number of aromatic nitrogens is 5. The number of benzene rings is 1. The Morgan fingerprint density at radius 3 is 2.95 bits per heavy atom. The number of aromatic amines is 1. The van der Waals surface area contributed by atoms with Crippen LogP contribution in [0.2, 0.25) is 0 Å². The van der Waals surface area contributed by atoms with Crippen molar-refractivity contribution in [2.24, 2.45) is 0 Å². The third-order valence-corrected chi connectivity index (χ3v) is 3.44.